The van der Waals surface area contributed by atoms with Crippen molar-refractivity contribution in [3.05, 3.63) is 113 Å². The first kappa shape index (κ1) is 23.2. The van der Waals surface area contributed by atoms with Crippen LogP contribution in [0, 0.1) is 0 Å². The van der Waals surface area contributed by atoms with Crippen molar-refractivity contribution in [3.8, 4) is 16.2 Å². The van der Waals surface area contributed by atoms with Crippen LogP contribution in [0.5, 0.6) is 5.75 Å². The molecule has 0 atom stereocenters. The molecule has 0 aliphatic rings. The van der Waals surface area contributed by atoms with Gasteiger partial charge in [0.2, 0.25) is 0 Å². The zero-order chi connectivity index (χ0) is 23.9. The molecule has 0 spiro atoms. The third-order valence-electron chi connectivity index (χ3n) is 5.58. The van der Waals surface area contributed by atoms with Gasteiger partial charge in [-0.15, -0.1) is 11.3 Å². The van der Waals surface area contributed by atoms with Crippen LogP contribution in [0.15, 0.2) is 90.6 Å². The number of carboxylic acid groups (broad SMARTS) is 1. The summed E-state index contributed by atoms with van der Waals surface area (Å²) in [6, 6.07) is 24.7. The lowest BCUT2D eigenvalue weighted by molar-refractivity contribution is -0.131. The summed E-state index contributed by atoms with van der Waals surface area (Å²) in [5.74, 6) is -0.144. The van der Waals surface area contributed by atoms with E-state index in [4.69, 9.17) is 9.84 Å². The van der Waals surface area contributed by atoms with Crippen molar-refractivity contribution in [2.24, 2.45) is 0 Å². The molecule has 0 aliphatic heterocycles. The van der Waals surface area contributed by atoms with Crippen molar-refractivity contribution >= 4 is 34.5 Å². The summed E-state index contributed by atoms with van der Waals surface area (Å²) >= 11 is 1.62. The highest BCUT2D eigenvalue weighted by Crippen LogP contribution is 2.36. The summed E-state index contributed by atoms with van der Waals surface area (Å²) in [6.07, 6.45) is 5.47. The van der Waals surface area contributed by atoms with Gasteiger partial charge in [-0.3, -0.25) is 4.98 Å². The van der Waals surface area contributed by atoms with E-state index in [0.29, 0.717) is 0 Å². The van der Waals surface area contributed by atoms with Gasteiger partial charge in [-0.05, 0) is 63.6 Å². The number of hydrogen-bond donors (Lipinski definition) is 1. The number of aliphatic carboxylic acids is 1. The van der Waals surface area contributed by atoms with Gasteiger partial charge < -0.3 is 9.84 Å². The molecule has 4 rings (SSSR count). The van der Waals surface area contributed by atoms with Gasteiger partial charge in [0.1, 0.15) is 5.75 Å². The average molecular weight is 468 g/mol. The Balaban J connectivity index is 1.85. The minimum atomic E-state index is -0.961. The number of allylic oxidation sites excluding steroid dienone is 1. The number of methoxy groups -OCH3 is 1. The van der Waals surface area contributed by atoms with Crippen molar-refractivity contribution in [3.63, 3.8) is 0 Å². The Bertz CT molecular complexity index is 1320. The molecule has 0 radical (unpaired) electrons. The van der Waals surface area contributed by atoms with E-state index in [0.717, 1.165) is 56.5 Å². The number of ether oxygens (including phenoxy) is 1. The highest BCUT2D eigenvalue weighted by atomic mass is 32.1. The first-order valence-electron chi connectivity index (χ1n) is 11.0. The van der Waals surface area contributed by atoms with Crippen LogP contribution in [-0.4, -0.2) is 23.2 Å². The fourth-order valence-corrected chi connectivity index (χ4v) is 4.57. The highest BCUT2D eigenvalue weighted by molar-refractivity contribution is 7.13. The fourth-order valence-electron chi connectivity index (χ4n) is 3.94. The summed E-state index contributed by atoms with van der Waals surface area (Å²) in [5.41, 5.74) is 9.45. The number of rotatable bonds is 8. The van der Waals surface area contributed by atoms with Crippen molar-refractivity contribution in [1.29, 1.82) is 0 Å². The summed E-state index contributed by atoms with van der Waals surface area (Å²) in [6.45, 7) is 2.16. The van der Waals surface area contributed by atoms with Crippen LogP contribution >= 0.6 is 11.3 Å². The fraction of sp³-hybridized carbons (Fsp3) is 0.103. The second kappa shape index (κ2) is 10.8. The molecule has 1 aromatic heterocycles. The number of thiazole rings is 1. The number of hydrogen-bond acceptors (Lipinski definition) is 4. The van der Waals surface area contributed by atoms with Crippen LogP contribution in [0.2, 0.25) is 0 Å². The molecule has 170 valence electrons. The highest BCUT2D eigenvalue weighted by Gasteiger charge is 2.14. The average Bonchev–Trinajstić information content (AvgIpc) is 3.42. The Morgan fingerprint density at radius 3 is 2.29 bits per heavy atom. The van der Waals surface area contributed by atoms with Gasteiger partial charge in [-0.2, -0.15) is 0 Å². The van der Waals surface area contributed by atoms with Gasteiger partial charge in [0.25, 0.3) is 0 Å². The normalized spacial score (nSPS) is 11.9. The lowest BCUT2D eigenvalue weighted by Crippen LogP contribution is -1.96. The predicted octanol–water partition coefficient (Wildman–Crippen LogP) is 7.29. The number of benzene rings is 3. The van der Waals surface area contributed by atoms with Gasteiger partial charge in [0, 0.05) is 12.3 Å². The molecule has 0 unspecified atom stereocenters. The van der Waals surface area contributed by atoms with Gasteiger partial charge >= 0.3 is 5.97 Å². The Labute approximate surface area is 203 Å². The summed E-state index contributed by atoms with van der Waals surface area (Å²) in [5, 5.41) is 8.92. The van der Waals surface area contributed by atoms with Crippen molar-refractivity contribution < 1.29 is 14.6 Å². The summed E-state index contributed by atoms with van der Waals surface area (Å²) in [7, 11) is 1.68. The second-order valence-corrected chi connectivity index (χ2v) is 8.56. The van der Waals surface area contributed by atoms with Gasteiger partial charge in [0.05, 0.1) is 17.5 Å². The largest absolute Gasteiger partial charge is 0.497 e. The zero-order valence-corrected chi connectivity index (χ0v) is 19.9. The number of aromatic nitrogens is 1. The van der Waals surface area contributed by atoms with E-state index in [1.807, 2.05) is 48.1 Å². The van der Waals surface area contributed by atoms with Crippen LogP contribution in [0.3, 0.4) is 0 Å². The molecule has 0 fully saturated rings. The molecule has 1 N–H and O–H groups in total. The van der Waals surface area contributed by atoms with Crippen molar-refractivity contribution in [2.45, 2.75) is 13.3 Å². The van der Waals surface area contributed by atoms with E-state index in [2.05, 4.69) is 48.3 Å². The van der Waals surface area contributed by atoms with Crippen molar-refractivity contribution in [2.75, 3.05) is 7.11 Å². The molecule has 0 aliphatic carbocycles. The third-order valence-corrected chi connectivity index (χ3v) is 6.40. The zero-order valence-electron chi connectivity index (χ0n) is 19.1. The SMILES string of the molecule is CC/C(=C(/c1ccc(/C=C/C(=O)O)cc1)c1ccc(-c2cncs2)cc1)c1cccc(OC)c1. The number of nitrogens with zero attached hydrogens (tertiary/aromatic N) is 1. The van der Waals surface area contributed by atoms with E-state index in [1.54, 1.807) is 24.5 Å². The standard InChI is InChI=1S/C29H25NO3S/c1-3-26(24-5-4-6-25(17-24)33-2)29(22-10-7-20(8-11-22)9-16-28(31)32)23-14-12-21(13-15-23)27-18-30-19-34-27/h4-19H,3H2,1-2H3,(H,31,32)/b16-9+,29-26+. The molecule has 0 bridgehead atoms. The summed E-state index contributed by atoms with van der Waals surface area (Å²) in [4.78, 5) is 16.2. The molecule has 3 aromatic carbocycles. The van der Waals surface area contributed by atoms with E-state index in [-0.39, 0.29) is 0 Å². The third kappa shape index (κ3) is 5.33. The maximum atomic E-state index is 10.9. The topological polar surface area (TPSA) is 59.4 Å². The molecule has 0 saturated carbocycles. The van der Waals surface area contributed by atoms with Crippen molar-refractivity contribution in [1.82, 2.24) is 4.98 Å². The minimum Gasteiger partial charge on any atom is -0.497 e. The molecule has 0 saturated heterocycles. The molecule has 1 heterocycles. The first-order valence-corrected chi connectivity index (χ1v) is 11.9. The van der Waals surface area contributed by atoms with Gasteiger partial charge in [-0.25, -0.2) is 4.79 Å². The summed E-state index contributed by atoms with van der Waals surface area (Å²) < 4.78 is 5.48. The molecule has 5 heteroatoms. The predicted molar refractivity (Wildman–Crippen MR) is 140 cm³/mol. The minimum absolute atomic E-state index is 0.817. The molecule has 0 amide bonds. The Kier molecular flexibility index (Phi) is 7.35. The molecule has 4 aromatic rings. The molecular formula is C29H25NO3S. The maximum Gasteiger partial charge on any atom is 0.328 e. The van der Waals surface area contributed by atoms with Crippen LogP contribution in [0.25, 0.3) is 27.7 Å². The molecule has 34 heavy (non-hydrogen) atoms. The van der Waals surface area contributed by atoms with E-state index in [9.17, 15) is 4.79 Å². The van der Waals surface area contributed by atoms with Crippen LogP contribution in [0.4, 0.5) is 0 Å². The lowest BCUT2D eigenvalue weighted by atomic mass is 9.87. The second-order valence-electron chi connectivity index (χ2n) is 7.68. The van der Waals surface area contributed by atoms with E-state index >= 15 is 0 Å². The first-order chi connectivity index (χ1) is 16.6. The number of carboxylic acids is 1. The molecular weight excluding hydrogens is 442 g/mol. The van der Waals surface area contributed by atoms with E-state index in [1.165, 1.54) is 5.57 Å². The smallest absolute Gasteiger partial charge is 0.328 e. The van der Waals surface area contributed by atoms with Gasteiger partial charge in [0.15, 0.2) is 0 Å². The Morgan fingerprint density at radius 1 is 1.00 bits per heavy atom. The number of carbonyl (C=O) groups is 1. The maximum absolute atomic E-state index is 10.9. The van der Waals surface area contributed by atoms with Gasteiger partial charge in [-0.1, -0.05) is 67.6 Å². The Hall–Kier alpha value is -3.96. The van der Waals surface area contributed by atoms with Crippen LogP contribution < -0.4 is 4.74 Å². The Morgan fingerprint density at radius 2 is 1.71 bits per heavy atom. The van der Waals surface area contributed by atoms with E-state index < -0.39 is 5.97 Å². The monoisotopic (exact) mass is 467 g/mol. The lowest BCUT2D eigenvalue weighted by Gasteiger charge is -2.17. The molecule has 4 nitrogen and oxygen atoms in total. The van der Waals surface area contributed by atoms with Crippen LogP contribution in [-0.2, 0) is 4.79 Å². The van der Waals surface area contributed by atoms with Crippen LogP contribution in [0.1, 0.15) is 35.6 Å². The quantitative estimate of drug-likeness (QED) is 0.218.